The third-order valence-electron chi connectivity index (χ3n) is 2.70. The summed E-state index contributed by atoms with van der Waals surface area (Å²) in [5.74, 6) is -1.55. The van der Waals surface area contributed by atoms with E-state index in [1.54, 1.807) is 24.3 Å². The molecule has 1 aromatic heterocycles. The lowest BCUT2D eigenvalue weighted by atomic mass is 10.0. The van der Waals surface area contributed by atoms with Crippen LogP contribution in [0.25, 0.3) is 11.1 Å². The van der Waals surface area contributed by atoms with Crippen molar-refractivity contribution in [1.82, 2.24) is 0 Å². The number of hydrogen-bond donors (Lipinski definition) is 1. The van der Waals surface area contributed by atoms with Crippen molar-refractivity contribution in [3.8, 4) is 16.9 Å². The van der Waals surface area contributed by atoms with Gasteiger partial charge in [0.15, 0.2) is 10.6 Å². The molecular formula is C14H12O5S. The molecule has 104 valence electrons. The van der Waals surface area contributed by atoms with Crippen LogP contribution in [0.3, 0.4) is 0 Å². The highest BCUT2D eigenvalue weighted by atomic mass is 32.1. The fourth-order valence-electron chi connectivity index (χ4n) is 1.86. The summed E-state index contributed by atoms with van der Waals surface area (Å²) in [5, 5.41) is 9.21. The van der Waals surface area contributed by atoms with E-state index in [9.17, 15) is 14.7 Å². The second-order valence-corrected chi connectivity index (χ2v) is 4.85. The first-order valence-corrected chi connectivity index (χ1v) is 6.49. The largest absolute Gasteiger partial charge is 0.494 e. The maximum atomic E-state index is 11.9. The van der Waals surface area contributed by atoms with Crippen LogP contribution in [0.5, 0.6) is 5.75 Å². The molecule has 2 rings (SSSR count). The van der Waals surface area contributed by atoms with Crippen molar-refractivity contribution < 1.29 is 24.2 Å². The number of methoxy groups -OCH3 is 2. The second kappa shape index (κ2) is 5.75. The van der Waals surface area contributed by atoms with Gasteiger partial charge in [0.1, 0.15) is 4.88 Å². The molecule has 0 bridgehead atoms. The van der Waals surface area contributed by atoms with Crippen LogP contribution >= 0.6 is 11.3 Å². The zero-order chi connectivity index (χ0) is 14.7. The van der Waals surface area contributed by atoms with Crippen molar-refractivity contribution in [2.24, 2.45) is 0 Å². The molecule has 0 fully saturated rings. The van der Waals surface area contributed by atoms with Crippen LogP contribution in [0.15, 0.2) is 30.3 Å². The van der Waals surface area contributed by atoms with Gasteiger partial charge < -0.3 is 14.6 Å². The Kier molecular flexibility index (Phi) is 4.05. The van der Waals surface area contributed by atoms with Gasteiger partial charge >= 0.3 is 11.9 Å². The van der Waals surface area contributed by atoms with Crippen LogP contribution in [-0.2, 0) is 4.74 Å². The van der Waals surface area contributed by atoms with E-state index in [2.05, 4.69) is 0 Å². The quantitative estimate of drug-likeness (QED) is 0.877. The monoisotopic (exact) mass is 292 g/mol. The van der Waals surface area contributed by atoms with Gasteiger partial charge in [0.05, 0.1) is 19.8 Å². The molecule has 0 aliphatic rings. The Balaban J connectivity index is 2.75. The van der Waals surface area contributed by atoms with E-state index in [0.717, 1.165) is 11.3 Å². The van der Waals surface area contributed by atoms with E-state index in [0.29, 0.717) is 11.1 Å². The summed E-state index contributed by atoms with van der Waals surface area (Å²) in [7, 11) is 2.63. The molecule has 0 radical (unpaired) electrons. The van der Waals surface area contributed by atoms with Crippen LogP contribution in [0.2, 0.25) is 0 Å². The van der Waals surface area contributed by atoms with Gasteiger partial charge in [-0.2, -0.15) is 0 Å². The number of carbonyl (C=O) groups excluding carboxylic acids is 1. The normalized spacial score (nSPS) is 10.1. The zero-order valence-electron chi connectivity index (χ0n) is 10.9. The Morgan fingerprint density at radius 2 is 1.75 bits per heavy atom. The average Bonchev–Trinajstić information content (AvgIpc) is 2.86. The SMILES string of the molecule is COC(=O)c1sc(C(=O)O)c(OC)c1-c1ccccc1. The van der Waals surface area contributed by atoms with E-state index in [1.165, 1.54) is 14.2 Å². The summed E-state index contributed by atoms with van der Waals surface area (Å²) in [5.41, 5.74) is 1.15. The van der Waals surface area contributed by atoms with Crippen LogP contribution in [0.1, 0.15) is 19.3 Å². The van der Waals surface area contributed by atoms with E-state index in [-0.39, 0.29) is 15.5 Å². The third kappa shape index (κ3) is 2.37. The molecular weight excluding hydrogens is 280 g/mol. The summed E-state index contributed by atoms with van der Waals surface area (Å²) < 4.78 is 9.90. The smallest absolute Gasteiger partial charge is 0.349 e. The molecule has 0 saturated carbocycles. The lowest BCUT2D eigenvalue weighted by Crippen LogP contribution is -2.00. The Morgan fingerprint density at radius 1 is 1.10 bits per heavy atom. The van der Waals surface area contributed by atoms with E-state index < -0.39 is 11.9 Å². The van der Waals surface area contributed by atoms with Gasteiger partial charge in [-0.1, -0.05) is 30.3 Å². The highest BCUT2D eigenvalue weighted by Crippen LogP contribution is 2.42. The fourth-order valence-corrected chi connectivity index (χ4v) is 2.90. The first kappa shape index (κ1) is 14.1. The first-order valence-electron chi connectivity index (χ1n) is 5.68. The molecule has 0 spiro atoms. The number of ether oxygens (including phenoxy) is 2. The predicted octanol–water partition coefficient (Wildman–Crippen LogP) is 2.91. The maximum Gasteiger partial charge on any atom is 0.349 e. The van der Waals surface area contributed by atoms with Gasteiger partial charge in [-0.3, -0.25) is 0 Å². The average molecular weight is 292 g/mol. The van der Waals surface area contributed by atoms with Crippen LogP contribution in [-0.4, -0.2) is 31.3 Å². The van der Waals surface area contributed by atoms with Gasteiger partial charge in [-0.25, -0.2) is 9.59 Å². The molecule has 0 amide bonds. The maximum absolute atomic E-state index is 11.9. The molecule has 0 unspecified atom stereocenters. The summed E-state index contributed by atoms with van der Waals surface area (Å²) in [6.07, 6.45) is 0. The third-order valence-corrected chi connectivity index (χ3v) is 3.84. The number of hydrogen-bond acceptors (Lipinski definition) is 5. The van der Waals surface area contributed by atoms with Crippen LogP contribution in [0, 0.1) is 0 Å². The zero-order valence-corrected chi connectivity index (χ0v) is 11.7. The minimum Gasteiger partial charge on any atom is -0.494 e. The van der Waals surface area contributed by atoms with Crippen LogP contribution < -0.4 is 4.74 Å². The topological polar surface area (TPSA) is 72.8 Å². The molecule has 0 saturated heterocycles. The number of benzene rings is 1. The summed E-state index contributed by atoms with van der Waals surface area (Å²) >= 11 is 0.847. The summed E-state index contributed by atoms with van der Waals surface area (Å²) in [6, 6.07) is 8.99. The minimum atomic E-state index is -1.14. The van der Waals surface area contributed by atoms with Gasteiger partial charge in [0.25, 0.3) is 0 Å². The number of aromatic carboxylic acids is 1. The molecule has 1 N–H and O–H groups in total. The van der Waals surface area contributed by atoms with Crippen molar-refractivity contribution >= 4 is 23.3 Å². The number of esters is 1. The van der Waals surface area contributed by atoms with Crippen molar-refractivity contribution in [2.45, 2.75) is 0 Å². The van der Waals surface area contributed by atoms with E-state index in [4.69, 9.17) is 9.47 Å². The molecule has 0 aliphatic carbocycles. The Bertz CT molecular complexity index is 645. The Hall–Kier alpha value is -2.34. The molecule has 0 atom stereocenters. The highest BCUT2D eigenvalue weighted by molar-refractivity contribution is 7.16. The molecule has 1 aromatic carbocycles. The van der Waals surface area contributed by atoms with Crippen molar-refractivity contribution in [3.05, 3.63) is 40.1 Å². The molecule has 0 aliphatic heterocycles. The number of carboxylic acids is 1. The van der Waals surface area contributed by atoms with Gasteiger partial charge in [-0.05, 0) is 5.56 Å². The molecule has 1 heterocycles. The van der Waals surface area contributed by atoms with E-state index >= 15 is 0 Å². The Morgan fingerprint density at radius 3 is 2.25 bits per heavy atom. The van der Waals surface area contributed by atoms with Crippen molar-refractivity contribution in [3.63, 3.8) is 0 Å². The van der Waals surface area contributed by atoms with Crippen molar-refractivity contribution in [1.29, 1.82) is 0 Å². The number of carbonyl (C=O) groups is 2. The Labute approximate surface area is 119 Å². The van der Waals surface area contributed by atoms with Gasteiger partial charge in [-0.15, -0.1) is 11.3 Å². The lowest BCUT2D eigenvalue weighted by Gasteiger charge is -2.06. The van der Waals surface area contributed by atoms with E-state index in [1.807, 2.05) is 6.07 Å². The lowest BCUT2D eigenvalue weighted by molar-refractivity contribution is 0.0606. The number of carboxylic acid groups (broad SMARTS) is 1. The minimum absolute atomic E-state index is 0.0215. The molecule has 2 aromatic rings. The molecule has 5 nitrogen and oxygen atoms in total. The standard InChI is InChI=1S/C14H12O5S/c1-18-10-9(8-6-4-3-5-7-8)11(14(17)19-2)20-12(10)13(15)16/h3-7H,1-2H3,(H,15,16). The number of rotatable bonds is 4. The van der Waals surface area contributed by atoms with Crippen molar-refractivity contribution in [2.75, 3.05) is 14.2 Å². The molecule has 6 heteroatoms. The summed E-state index contributed by atoms with van der Waals surface area (Å²) in [4.78, 5) is 23.3. The van der Waals surface area contributed by atoms with Crippen LogP contribution in [0.4, 0.5) is 0 Å². The second-order valence-electron chi connectivity index (χ2n) is 3.83. The predicted molar refractivity (Wildman–Crippen MR) is 74.6 cm³/mol. The highest BCUT2D eigenvalue weighted by Gasteiger charge is 2.28. The first-order chi connectivity index (χ1) is 9.60. The fraction of sp³-hybridized carbons (Fsp3) is 0.143. The van der Waals surface area contributed by atoms with Gasteiger partial charge in [0, 0.05) is 0 Å². The summed E-state index contributed by atoms with van der Waals surface area (Å²) in [6.45, 7) is 0. The molecule has 20 heavy (non-hydrogen) atoms. The number of thiophene rings is 1. The van der Waals surface area contributed by atoms with Gasteiger partial charge in [0.2, 0.25) is 0 Å².